The zero-order valence-corrected chi connectivity index (χ0v) is 12.0. The summed E-state index contributed by atoms with van der Waals surface area (Å²) < 4.78 is 11.5. The molecule has 4 heteroatoms. The van der Waals surface area contributed by atoms with E-state index in [0.29, 0.717) is 29.8 Å². The topological polar surface area (TPSA) is 44.5 Å². The number of nitrogens with two attached hydrogens (primary N) is 1. The van der Waals surface area contributed by atoms with Crippen LogP contribution in [0.5, 0.6) is 11.5 Å². The largest absolute Gasteiger partial charge is 0.489 e. The van der Waals surface area contributed by atoms with E-state index in [0.717, 1.165) is 22.6 Å². The molecule has 0 amide bonds. The molecule has 3 rings (SSSR count). The third-order valence-corrected chi connectivity index (χ3v) is 3.55. The number of benzene rings is 2. The van der Waals surface area contributed by atoms with Crippen LogP contribution in [0.15, 0.2) is 36.4 Å². The van der Waals surface area contributed by atoms with Gasteiger partial charge >= 0.3 is 0 Å². The first-order valence-electron chi connectivity index (χ1n) is 6.58. The van der Waals surface area contributed by atoms with E-state index in [4.69, 9.17) is 26.8 Å². The van der Waals surface area contributed by atoms with Crippen LogP contribution in [-0.4, -0.2) is 13.2 Å². The lowest BCUT2D eigenvalue weighted by molar-refractivity contribution is 0.228. The van der Waals surface area contributed by atoms with Gasteiger partial charge in [0.05, 0.1) is 13.2 Å². The van der Waals surface area contributed by atoms with Gasteiger partial charge in [-0.3, -0.25) is 0 Å². The molecule has 20 heavy (non-hydrogen) atoms. The van der Waals surface area contributed by atoms with Crippen LogP contribution in [0.25, 0.3) is 11.1 Å². The molecule has 2 aromatic rings. The molecule has 1 heterocycles. The Morgan fingerprint density at radius 1 is 1.05 bits per heavy atom. The summed E-state index contributed by atoms with van der Waals surface area (Å²) in [5.41, 5.74) is 8.62. The predicted octanol–water partition coefficient (Wildman–Crippen LogP) is 4.00. The minimum atomic E-state index is 0.381. The van der Waals surface area contributed by atoms with Crippen molar-refractivity contribution in [3.05, 3.63) is 41.4 Å². The molecular formula is C16H16ClNO2. The van der Waals surface area contributed by atoms with Crippen LogP contribution in [0.2, 0.25) is 5.02 Å². The Hall–Kier alpha value is -1.87. The Balaban J connectivity index is 2.00. The van der Waals surface area contributed by atoms with E-state index in [9.17, 15) is 0 Å². The molecule has 1 atom stereocenters. The van der Waals surface area contributed by atoms with Crippen LogP contribution in [-0.2, 0) is 0 Å². The van der Waals surface area contributed by atoms with Gasteiger partial charge in [0.25, 0.3) is 0 Å². The molecule has 0 saturated carbocycles. The van der Waals surface area contributed by atoms with Gasteiger partial charge in [0, 0.05) is 22.2 Å². The molecule has 2 N–H and O–H groups in total. The van der Waals surface area contributed by atoms with E-state index >= 15 is 0 Å². The SMILES string of the molecule is CC1COc2ccc(-c3ccc(Cl)cc3N)cc2OC1. The molecule has 1 aliphatic heterocycles. The monoisotopic (exact) mass is 289 g/mol. The molecule has 104 valence electrons. The average Bonchev–Trinajstić information content (AvgIpc) is 2.61. The molecule has 0 bridgehead atoms. The Labute approximate surface area is 123 Å². The van der Waals surface area contributed by atoms with Gasteiger partial charge in [-0.05, 0) is 29.8 Å². The lowest BCUT2D eigenvalue weighted by atomic mass is 10.0. The van der Waals surface area contributed by atoms with Crippen molar-refractivity contribution in [2.24, 2.45) is 5.92 Å². The highest BCUT2D eigenvalue weighted by molar-refractivity contribution is 6.31. The molecule has 1 unspecified atom stereocenters. The maximum absolute atomic E-state index is 6.03. The number of ether oxygens (including phenoxy) is 2. The fourth-order valence-electron chi connectivity index (χ4n) is 2.22. The molecule has 0 aliphatic carbocycles. The van der Waals surface area contributed by atoms with E-state index in [1.54, 1.807) is 6.07 Å². The van der Waals surface area contributed by atoms with Crippen molar-refractivity contribution in [3.8, 4) is 22.6 Å². The number of nitrogen functional groups attached to an aromatic ring is 1. The number of hydrogen-bond acceptors (Lipinski definition) is 3. The van der Waals surface area contributed by atoms with Crippen LogP contribution in [0.4, 0.5) is 5.69 Å². The average molecular weight is 290 g/mol. The predicted molar refractivity (Wildman–Crippen MR) is 81.5 cm³/mol. The van der Waals surface area contributed by atoms with Gasteiger partial charge < -0.3 is 15.2 Å². The fourth-order valence-corrected chi connectivity index (χ4v) is 2.40. The van der Waals surface area contributed by atoms with E-state index in [1.165, 1.54) is 0 Å². The second-order valence-corrected chi connectivity index (χ2v) is 5.56. The molecule has 0 saturated heterocycles. The smallest absolute Gasteiger partial charge is 0.161 e. The van der Waals surface area contributed by atoms with E-state index in [1.807, 2.05) is 30.3 Å². The molecule has 1 aliphatic rings. The first-order valence-corrected chi connectivity index (χ1v) is 6.96. The minimum absolute atomic E-state index is 0.381. The number of rotatable bonds is 1. The fraction of sp³-hybridized carbons (Fsp3) is 0.250. The molecular weight excluding hydrogens is 274 g/mol. The Kier molecular flexibility index (Phi) is 3.45. The summed E-state index contributed by atoms with van der Waals surface area (Å²) >= 11 is 5.93. The van der Waals surface area contributed by atoms with Gasteiger partial charge in [0.15, 0.2) is 11.5 Å². The maximum atomic E-state index is 6.03. The van der Waals surface area contributed by atoms with Crippen molar-refractivity contribution in [1.82, 2.24) is 0 Å². The van der Waals surface area contributed by atoms with E-state index < -0.39 is 0 Å². The first kappa shape index (κ1) is 13.1. The molecule has 0 spiro atoms. The zero-order valence-electron chi connectivity index (χ0n) is 11.2. The van der Waals surface area contributed by atoms with Gasteiger partial charge in [0.2, 0.25) is 0 Å². The summed E-state index contributed by atoms with van der Waals surface area (Å²) in [4.78, 5) is 0. The Bertz CT molecular complexity index is 642. The summed E-state index contributed by atoms with van der Waals surface area (Å²) in [7, 11) is 0. The highest BCUT2D eigenvalue weighted by Gasteiger charge is 2.16. The standard InChI is InChI=1S/C16H16ClNO2/c1-10-8-19-15-5-2-11(6-16(15)20-9-10)13-4-3-12(17)7-14(13)18/h2-7,10H,8-9,18H2,1H3. The van der Waals surface area contributed by atoms with Crippen LogP contribution < -0.4 is 15.2 Å². The van der Waals surface area contributed by atoms with Crippen LogP contribution in [0, 0.1) is 5.92 Å². The second kappa shape index (κ2) is 5.25. The summed E-state index contributed by atoms with van der Waals surface area (Å²) in [6.07, 6.45) is 0. The van der Waals surface area contributed by atoms with Crippen molar-refractivity contribution in [1.29, 1.82) is 0 Å². The van der Waals surface area contributed by atoms with Gasteiger partial charge in [-0.15, -0.1) is 0 Å². The highest BCUT2D eigenvalue weighted by atomic mass is 35.5. The van der Waals surface area contributed by atoms with Gasteiger partial charge in [-0.25, -0.2) is 0 Å². The maximum Gasteiger partial charge on any atom is 0.161 e. The van der Waals surface area contributed by atoms with Crippen LogP contribution in [0.1, 0.15) is 6.92 Å². The molecule has 3 nitrogen and oxygen atoms in total. The van der Waals surface area contributed by atoms with Crippen LogP contribution >= 0.6 is 11.6 Å². The van der Waals surface area contributed by atoms with Crippen LogP contribution in [0.3, 0.4) is 0 Å². The van der Waals surface area contributed by atoms with Crippen molar-refractivity contribution in [2.75, 3.05) is 18.9 Å². The lowest BCUT2D eigenvalue weighted by Gasteiger charge is -2.11. The number of hydrogen-bond donors (Lipinski definition) is 1. The van der Waals surface area contributed by atoms with Crippen molar-refractivity contribution in [3.63, 3.8) is 0 Å². The summed E-state index contributed by atoms with van der Waals surface area (Å²) in [5.74, 6) is 1.93. The first-order chi connectivity index (χ1) is 9.63. The number of halogens is 1. The molecule has 0 radical (unpaired) electrons. The second-order valence-electron chi connectivity index (χ2n) is 5.12. The number of anilines is 1. The Morgan fingerprint density at radius 2 is 1.80 bits per heavy atom. The van der Waals surface area contributed by atoms with Gasteiger partial charge in [-0.2, -0.15) is 0 Å². The normalized spacial score (nSPS) is 17.6. The lowest BCUT2D eigenvalue weighted by Crippen LogP contribution is -2.12. The quantitative estimate of drug-likeness (QED) is 0.807. The van der Waals surface area contributed by atoms with Crippen molar-refractivity contribution in [2.45, 2.75) is 6.92 Å². The number of fused-ring (bicyclic) bond motifs is 1. The molecule has 2 aromatic carbocycles. The Morgan fingerprint density at radius 3 is 2.55 bits per heavy atom. The van der Waals surface area contributed by atoms with E-state index in [2.05, 4.69) is 6.92 Å². The summed E-state index contributed by atoms with van der Waals surface area (Å²) in [6.45, 7) is 3.44. The third-order valence-electron chi connectivity index (χ3n) is 3.32. The zero-order chi connectivity index (χ0) is 14.1. The van der Waals surface area contributed by atoms with E-state index in [-0.39, 0.29) is 0 Å². The molecule has 0 aromatic heterocycles. The summed E-state index contributed by atoms with van der Waals surface area (Å²) in [5, 5.41) is 0.634. The highest BCUT2D eigenvalue weighted by Crippen LogP contribution is 2.37. The minimum Gasteiger partial charge on any atom is -0.489 e. The van der Waals surface area contributed by atoms with Crippen molar-refractivity contribution >= 4 is 17.3 Å². The summed E-state index contributed by atoms with van der Waals surface area (Å²) in [6, 6.07) is 11.4. The third kappa shape index (κ3) is 2.54. The van der Waals surface area contributed by atoms with Gasteiger partial charge in [0.1, 0.15) is 0 Å². The van der Waals surface area contributed by atoms with Crippen molar-refractivity contribution < 1.29 is 9.47 Å². The molecule has 0 fully saturated rings. The van der Waals surface area contributed by atoms with Gasteiger partial charge in [-0.1, -0.05) is 30.7 Å².